The summed E-state index contributed by atoms with van der Waals surface area (Å²) in [7, 11) is 0. The van der Waals surface area contributed by atoms with Crippen LogP contribution in [0.3, 0.4) is 0 Å². The average molecular weight is 180 g/mol. The Labute approximate surface area is 81.2 Å². The third-order valence-corrected chi connectivity index (χ3v) is 3.82. The number of allylic oxidation sites excluding steroid dienone is 1. The van der Waals surface area contributed by atoms with Crippen molar-refractivity contribution in [3.05, 3.63) is 12.2 Å². The van der Waals surface area contributed by atoms with E-state index in [0.29, 0.717) is 12.2 Å². The molecule has 0 aromatic rings. The molecule has 0 atom stereocenters. The van der Waals surface area contributed by atoms with E-state index in [0.717, 1.165) is 5.57 Å². The summed E-state index contributed by atoms with van der Waals surface area (Å²) >= 11 is 0. The summed E-state index contributed by atoms with van der Waals surface area (Å²) in [5, 5.41) is 0. The van der Waals surface area contributed by atoms with E-state index in [-0.39, 0.29) is 16.7 Å². The molecule has 1 nitrogen and oxygen atoms in total. The van der Waals surface area contributed by atoms with Gasteiger partial charge in [-0.05, 0) is 17.8 Å². The van der Waals surface area contributed by atoms with E-state index < -0.39 is 0 Å². The van der Waals surface area contributed by atoms with Gasteiger partial charge in [-0.2, -0.15) is 0 Å². The molecule has 13 heavy (non-hydrogen) atoms. The summed E-state index contributed by atoms with van der Waals surface area (Å²) in [5.41, 5.74) is 1.34. The summed E-state index contributed by atoms with van der Waals surface area (Å²) < 4.78 is 0. The van der Waals surface area contributed by atoms with Gasteiger partial charge < -0.3 is 0 Å². The van der Waals surface area contributed by atoms with Gasteiger partial charge in [0, 0.05) is 12.3 Å². The first-order valence-corrected chi connectivity index (χ1v) is 4.88. The second-order valence-electron chi connectivity index (χ2n) is 5.48. The van der Waals surface area contributed by atoms with Gasteiger partial charge in [0.15, 0.2) is 0 Å². The van der Waals surface area contributed by atoms with Crippen molar-refractivity contribution in [1.29, 1.82) is 0 Å². The second-order valence-corrected chi connectivity index (χ2v) is 5.48. The minimum atomic E-state index is 0.180. The van der Waals surface area contributed by atoms with Gasteiger partial charge in [0.1, 0.15) is 5.78 Å². The first-order chi connectivity index (χ1) is 5.71. The van der Waals surface area contributed by atoms with E-state index in [2.05, 4.69) is 34.3 Å². The molecule has 0 N–H and O–H groups in total. The third-order valence-electron chi connectivity index (χ3n) is 3.82. The SMILES string of the molecule is C=C(C)CC(=O)C1C(C)(C)C1(C)C. The largest absolute Gasteiger partial charge is 0.299 e. The number of hydrogen-bond acceptors (Lipinski definition) is 1. The highest BCUT2D eigenvalue weighted by atomic mass is 16.1. The highest BCUT2D eigenvalue weighted by molar-refractivity contribution is 5.87. The zero-order chi connectivity index (χ0) is 10.4. The molecule has 0 saturated heterocycles. The van der Waals surface area contributed by atoms with Crippen molar-refractivity contribution in [2.45, 2.75) is 41.0 Å². The maximum atomic E-state index is 11.8. The first kappa shape index (κ1) is 10.5. The summed E-state index contributed by atoms with van der Waals surface area (Å²) in [4.78, 5) is 11.8. The molecule has 0 aromatic carbocycles. The monoisotopic (exact) mass is 180 g/mol. The maximum Gasteiger partial charge on any atom is 0.141 e. The molecular formula is C12H20O. The molecule has 0 heterocycles. The molecule has 1 fully saturated rings. The lowest BCUT2D eigenvalue weighted by Crippen LogP contribution is -2.06. The van der Waals surface area contributed by atoms with Gasteiger partial charge in [-0.3, -0.25) is 4.79 Å². The van der Waals surface area contributed by atoms with Crippen molar-refractivity contribution < 1.29 is 4.79 Å². The molecule has 74 valence electrons. The molecule has 0 radical (unpaired) electrons. The quantitative estimate of drug-likeness (QED) is 0.609. The van der Waals surface area contributed by atoms with Crippen LogP contribution in [0.2, 0.25) is 0 Å². The smallest absolute Gasteiger partial charge is 0.141 e. The van der Waals surface area contributed by atoms with Crippen LogP contribution in [0, 0.1) is 16.7 Å². The third kappa shape index (κ3) is 1.45. The molecule has 1 saturated carbocycles. The number of carbonyl (C=O) groups excluding carboxylic acids is 1. The van der Waals surface area contributed by atoms with E-state index in [9.17, 15) is 4.79 Å². The zero-order valence-electron chi connectivity index (χ0n) is 9.40. The number of carbonyl (C=O) groups is 1. The fourth-order valence-electron chi connectivity index (χ4n) is 2.40. The van der Waals surface area contributed by atoms with E-state index in [4.69, 9.17) is 0 Å². The van der Waals surface area contributed by atoms with Gasteiger partial charge in [-0.25, -0.2) is 0 Å². The van der Waals surface area contributed by atoms with Crippen LogP contribution in [0.4, 0.5) is 0 Å². The van der Waals surface area contributed by atoms with Crippen LogP contribution in [0.25, 0.3) is 0 Å². The lowest BCUT2D eigenvalue weighted by atomic mass is 10.0. The van der Waals surface area contributed by atoms with Gasteiger partial charge in [0.2, 0.25) is 0 Å². The zero-order valence-corrected chi connectivity index (χ0v) is 9.40. The Hall–Kier alpha value is -0.590. The normalized spacial score (nSPS) is 24.1. The fraction of sp³-hybridized carbons (Fsp3) is 0.750. The Morgan fingerprint density at radius 1 is 1.23 bits per heavy atom. The van der Waals surface area contributed by atoms with Crippen LogP contribution in [0.1, 0.15) is 41.0 Å². The molecule has 1 aliphatic rings. The van der Waals surface area contributed by atoms with E-state index in [1.54, 1.807) is 0 Å². The van der Waals surface area contributed by atoms with Gasteiger partial charge in [-0.15, -0.1) is 0 Å². The van der Waals surface area contributed by atoms with Crippen LogP contribution in [0.5, 0.6) is 0 Å². The van der Waals surface area contributed by atoms with Gasteiger partial charge in [0.05, 0.1) is 0 Å². The Balaban J connectivity index is 2.68. The molecule has 0 bridgehead atoms. The summed E-state index contributed by atoms with van der Waals surface area (Å²) in [5.74, 6) is 0.596. The first-order valence-electron chi connectivity index (χ1n) is 4.88. The average Bonchev–Trinajstić information content (AvgIpc) is 2.20. The summed E-state index contributed by atoms with van der Waals surface area (Å²) in [6.45, 7) is 14.4. The highest BCUT2D eigenvalue weighted by Gasteiger charge is 2.67. The van der Waals surface area contributed by atoms with E-state index >= 15 is 0 Å². The number of hydrogen-bond donors (Lipinski definition) is 0. The Kier molecular flexibility index (Phi) is 2.18. The number of ketones is 1. The van der Waals surface area contributed by atoms with Crippen molar-refractivity contribution in [1.82, 2.24) is 0 Å². The van der Waals surface area contributed by atoms with Crippen LogP contribution in [-0.2, 0) is 4.79 Å². The minimum absolute atomic E-state index is 0.180. The van der Waals surface area contributed by atoms with Crippen LogP contribution in [-0.4, -0.2) is 5.78 Å². The molecule has 1 aliphatic carbocycles. The topological polar surface area (TPSA) is 17.1 Å². The molecular weight excluding hydrogens is 160 g/mol. The molecule has 0 amide bonds. The van der Waals surface area contributed by atoms with Crippen LogP contribution < -0.4 is 0 Å². The Morgan fingerprint density at radius 2 is 1.62 bits per heavy atom. The minimum Gasteiger partial charge on any atom is -0.299 e. The van der Waals surface area contributed by atoms with Gasteiger partial charge in [-0.1, -0.05) is 39.8 Å². The lowest BCUT2D eigenvalue weighted by molar-refractivity contribution is -0.120. The van der Waals surface area contributed by atoms with Gasteiger partial charge in [0.25, 0.3) is 0 Å². The Bertz CT molecular complexity index is 244. The number of rotatable bonds is 3. The molecule has 0 aromatic heterocycles. The molecule has 0 unspecified atom stereocenters. The summed E-state index contributed by atoms with van der Waals surface area (Å²) in [6, 6.07) is 0. The lowest BCUT2D eigenvalue weighted by Gasteiger charge is -2.03. The predicted molar refractivity (Wildman–Crippen MR) is 55.5 cm³/mol. The number of Topliss-reactive ketones (excluding diaryl/α,β-unsaturated/α-hetero) is 1. The molecule has 0 aliphatic heterocycles. The highest BCUT2D eigenvalue weighted by Crippen LogP contribution is 2.68. The van der Waals surface area contributed by atoms with Crippen LogP contribution in [0.15, 0.2) is 12.2 Å². The molecule has 0 spiro atoms. The standard InChI is InChI=1S/C12H20O/c1-8(2)7-9(13)10-11(3,4)12(10,5)6/h10H,1,7H2,2-6H3. The predicted octanol–water partition coefficient (Wildman–Crippen LogP) is 3.20. The van der Waals surface area contributed by atoms with Crippen molar-refractivity contribution in [2.75, 3.05) is 0 Å². The van der Waals surface area contributed by atoms with Crippen LogP contribution >= 0.6 is 0 Å². The molecule has 1 rings (SSSR count). The molecule has 1 heteroatoms. The van der Waals surface area contributed by atoms with Crippen molar-refractivity contribution >= 4 is 5.78 Å². The maximum absolute atomic E-state index is 11.8. The van der Waals surface area contributed by atoms with Crippen molar-refractivity contribution in [3.8, 4) is 0 Å². The fourth-order valence-corrected chi connectivity index (χ4v) is 2.40. The van der Waals surface area contributed by atoms with Gasteiger partial charge >= 0.3 is 0 Å². The summed E-state index contributed by atoms with van der Waals surface area (Å²) in [6.07, 6.45) is 0.553. The van der Waals surface area contributed by atoms with E-state index in [1.165, 1.54) is 0 Å². The van der Waals surface area contributed by atoms with E-state index in [1.807, 2.05) is 6.92 Å². The second kappa shape index (κ2) is 2.70. The van der Waals surface area contributed by atoms with Crippen molar-refractivity contribution in [3.63, 3.8) is 0 Å². The Morgan fingerprint density at radius 3 is 1.85 bits per heavy atom. The van der Waals surface area contributed by atoms with Crippen molar-refractivity contribution in [2.24, 2.45) is 16.7 Å².